The molecule has 0 aliphatic rings. The minimum absolute atomic E-state index is 0.00749. The largest absolute Gasteiger partial charge is 0.505 e. The van der Waals surface area contributed by atoms with Gasteiger partial charge in [-0.15, -0.1) is 0 Å². The summed E-state index contributed by atoms with van der Waals surface area (Å²) in [6.45, 7) is 1.46. The molecule has 12 N–H and O–H groups in total. The summed E-state index contributed by atoms with van der Waals surface area (Å²) in [6, 6.07) is -0.923. The number of guanidine groups is 1. The van der Waals surface area contributed by atoms with Crippen molar-refractivity contribution < 1.29 is 29.0 Å². The number of carbonyl (C=O) groups excluding carboxylic acids is 2. The number of amides is 2. The summed E-state index contributed by atoms with van der Waals surface area (Å²) in [4.78, 5) is 41.5. The summed E-state index contributed by atoms with van der Waals surface area (Å²) < 4.78 is 10.0. The van der Waals surface area contributed by atoms with Gasteiger partial charge in [0.25, 0.3) is 0 Å². The second-order valence-electron chi connectivity index (χ2n) is 8.89. The lowest BCUT2D eigenvalue weighted by Crippen LogP contribution is -2.46. The molecular weight excluding hydrogens is 484 g/mol. The fourth-order valence-electron chi connectivity index (χ4n) is 3.48. The fraction of sp³-hybridized carbons (Fsp3) is 0.826. The van der Waals surface area contributed by atoms with Gasteiger partial charge in [0, 0.05) is 19.1 Å². The van der Waals surface area contributed by atoms with Crippen LogP contribution in [0.1, 0.15) is 64.2 Å². The summed E-state index contributed by atoms with van der Waals surface area (Å²) in [5.41, 5.74) is 27.6. The van der Waals surface area contributed by atoms with Gasteiger partial charge in [-0.25, -0.2) is 9.59 Å². The Kier molecular flexibility index (Phi) is 20.6. The van der Waals surface area contributed by atoms with Crippen LogP contribution < -0.4 is 34.0 Å². The highest BCUT2D eigenvalue weighted by Gasteiger charge is 2.22. The minimum atomic E-state index is -1.42. The Balaban J connectivity index is 4.91. The van der Waals surface area contributed by atoms with E-state index in [4.69, 9.17) is 38.5 Å². The molecule has 0 unspecified atom stereocenters. The molecule has 0 saturated carbocycles. The maximum Gasteiger partial charge on any atom is 0.505 e. The second-order valence-corrected chi connectivity index (χ2v) is 8.89. The molecule has 0 aromatic rings. The first kappa shape index (κ1) is 34.2. The Morgan fingerprint density at radius 2 is 1.51 bits per heavy atom. The molecule has 0 saturated heterocycles. The standard InChI is InChI=1S/C23H48N8O6/c24-11-5-2-1-3-7-14-31(22(33)36-16-18(26)9-8-13-29-21(27)28)15-20(32)30-19(10-4-6-12-25)17-37-23(34)35/h18-19H,1-17,24-26H2,(H,30,32)(H,34,35)(H4,27,28,29)/t18-,19-/m0/s1. The van der Waals surface area contributed by atoms with Crippen LogP contribution in [0.2, 0.25) is 0 Å². The third-order valence-corrected chi connectivity index (χ3v) is 5.45. The van der Waals surface area contributed by atoms with Crippen LogP contribution in [0.4, 0.5) is 9.59 Å². The number of hydrogen-bond donors (Lipinski definition) is 7. The number of nitrogens with zero attached hydrogens (tertiary/aromatic N) is 2. The molecule has 2 amide bonds. The molecule has 0 heterocycles. The molecule has 0 fully saturated rings. The zero-order valence-electron chi connectivity index (χ0n) is 21.9. The lowest BCUT2D eigenvalue weighted by atomic mass is 10.1. The van der Waals surface area contributed by atoms with Crippen LogP contribution in [0.15, 0.2) is 4.99 Å². The van der Waals surface area contributed by atoms with Crippen molar-refractivity contribution in [2.24, 2.45) is 33.7 Å². The molecular formula is C23H48N8O6. The van der Waals surface area contributed by atoms with Crippen molar-refractivity contribution in [3.05, 3.63) is 0 Å². The van der Waals surface area contributed by atoms with Gasteiger partial charge in [0.15, 0.2) is 5.96 Å². The Hall–Kier alpha value is -2.84. The molecule has 216 valence electrons. The van der Waals surface area contributed by atoms with Crippen molar-refractivity contribution in [2.45, 2.75) is 76.3 Å². The molecule has 37 heavy (non-hydrogen) atoms. The van der Waals surface area contributed by atoms with Crippen LogP contribution in [-0.2, 0) is 14.3 Å². The van der Waals surface area contributed by atoms with Crippen LogP contribution >= 0.6 is 0 Å². The first-order chi connectivity index (χ1) is 17.7. The van der Waals surface area contributed by atoms with Crippen molar-refractivity contribution in [2.75, 3.05) is 45.9 Å². The van der Waals surface area contributed by atoms with Gasteiger partial charge >= 0.3 is 12.2 Å². The Morgan fingerprint density at radius 3 is 2.16 bits per heavy atom. The Labute approximate surface area is 219 Å². The van der Waals surface area contributed by atoms with E-state index in [9.17, 15) is 14.4 Å². The van der Waals surface area contributed by atoms with Gasteiger partial charge in [-0.2, -0.15) is 0 Å². The highest BCUT2D eigenvalue weighted by molar-refractivity contribution is 5.82. The first-order valence-electron chi connectivity index (χ1n) is 13.0. The predicted octanol–water partition coefficient (Wildman–Crippen LogP) is 0.0235. The smallest absolute Gasteiger partial charge is 0.450 e. The van der Waals surface area contributed by atoms with Gasteiger partial charge in [-0.1, -0.05) is 25.7 Å². The van der Waals surface area contributed by atoms with Crippen molar-refractivity contribution in [1.82, 2.24) is 10.2 Å². The number of carboxylic acid groups (broad SMARTS) is 1. The van der Waals surface area contributed by atoms with E-state index in [2.05, 4.69) is 15.0 Å². The zero-order valence-corrected chi connectivity index (χ0v) is 21.9. The molecule has 2 atom stereocenters. The molecule has 0 spiro atoms. The lowest BCUT2D eigenvalue weighted by Gasteiger charge is -2.24. The predicted molar refractivity (Wildman–Crippen MR) is 142 cm³/mol. The second kappa shape index (κ2) is 22.4. The maximum absolute atomic E-state index is 12.8. The third kappa shape index (κ3) is 21.0. The van der Waals surface area contributed by atoms with Crippen molar-refractivity contribution in [3.8, 4) is 0 Å². The van der Waals surface area contributed by atoms with Gasteiger partial charge in [0.05, 0.1) is 6.04 Å². The van der Waals surface area contributed by atoms with Gasteiger partial charge in [0.1, 0.15) is 19.8 Å². The van der Waals surface area contributed by atoms with E-state index >= 15 is 0 Å². The fourth-order valence-corrected chi connectivity index (χ4v) is 3.48. The van der Waals surface area contributed by atoms with Gasteiger partial charge in [-0.05, 0) is 51.6 Å². The summed E-state index contributed by atoms with van der Waals surface area (Å²) in [7, 11) is 0. The van der Waals surface area contributed by atoms with Gasteiger partial charge in [0.2, 0.25) is 5.91 Å². The number of rotatable bonds is 22. The molecule has 0 aromatic carbocycles. The number of aliphatic imine (C=N–C) groups is 1. The van der Waals surface area contributed by atoms with Crippen LogP contribution in [0.25, 0.3) is 0 Å². The number of nitrogens with one attached hydrogen (secondary N) is 1. The van der Waals surface area contributed by atoms with Crippen LogP contribution in [0, 0.1) is 0 Å². The minimum Gasteiger partial charge on any atom is -0.450 e. The molecule has 0 rings (SSSR count). The topological polar surface area (TPSA) is 248 Å². The molecule has 0 bridgehead atoms. The molecule has 14 nitrogen and oxygen atoms in total. The van der Waals surface area contributed by atoms with Crippen LogP contribution in [0.3, 0.4) is 0 Å². The number of nitrogens with two attached hydrogens (primary N) is 5. The van der Waals surface area contributed by atoms with E-state index < -0.39 is 30.2 Å². The monoisotopic (exact) mass is 532 g/mol. The molecule has 14 heteroatoms. The van der Waals surface area contributed by atoms with Crippen molar-refractivity contribution in [3.63, 3.8) is 0 Å². The normalized spacial score (nSPS) is 12.3. The SMILES string of the molecule is NCCCCCCCN(CC(=O)N[C@@H](CCCCN)COC(=O)O)C(=O)OC[C@@H](N)CCCN=C(N)N. The number of carbonyl (C=O) groups is 3. The molecule has 0 aromatic heterocycles. The van der Waals surface area contributed by atoms with Gasteiger partial charge < -0.3 is 48.6 Å². The average molecular weight is 533 g/mol. The van der Waals surface area contributed by atoms with E-state index in [0.717, 1.165) is 32.1 Å². The summed E-state index contributed by atoms with van der Waals surface area (Å²) >= 11 is 0. The number of unbranched alkanes of at least 4 members (excludes halogenated alkanes) is 5. The molecule has 0 aliphatic heterocycles. The van der Waals surface area contributed by atoms with Crippen molar-refractivity contribution in [1.29, 1.82) is 0 Å². The summed E-state index contributed by atoms with van der Waals surface area (Å²) in [6.07, 6.45) is 5.54. The van der Waals surface area contributed by atoms with Crippen LogP contribution in [-0.4, -0.2) is 92.1 Å². The highest BCUT2D eigenvalue weighted by Crippen LogP contribution is 2.07. The Bertz CT molecular complexity index is 663. The van der Waals surface area contributed by atoms with E-state index in [0.29, 0.717) is 58.3 Å². The third-order valence-electron chi connectivity index (χ3n) is 5.45. The summed E-state index contributed by atoms with van der Waals surface area (Å²) in [5, 5.41) is 11.6. The van der Waals surface area contributed by atoms with E-state index in [1.807, 2.05) is 0 Å². The van der Waals surface area contributed by atoms with E-state index in [1.165, 1.54) is 4.90 Å². The summed E-state index contributed by atoms with van der Waals surface area (Å²) in [5.74, 6) is -0.429. The zero-order chi connectivity index (χ0) is 27.9. The number of hydrogen-bond acceptors (Lipinski definition) is 9. The lowest BCUT2D eigenvalue weighted by molar-refractivity contribution is -0.123. The quantitative estimate of drug-likeness (QED) is 0.0423. The number of ether oxygens (including phenoxy) is 2. The first-order valence-corrected chi connectivity index (χ1v) is 13.0. The molecule has 0 radical (unpaired) electrons. The maximum atomic E-state index is 12.8. The average Bonchev–Trinajstić information content (AvgIpc) is 2.84. The van der Waals surface area contributed by atoms with E-state index in [1.54, 1.807) is 0 Å². The van der Waals surface area contributed by atoms with Gasteiger partial charge in [-0.3, -0.25) is 14.7 Å². The Morgan fingerprint density at radius 1 is 0.865 bits per heavy atom. The van der Waals surface area contributed by atoms with Crippen molar-refractivity contribution >= 4 is 24.1 Å². The highest BCUT2D eigenvalue weighted by atomic mass is 16.7. The van der Waals surface area contributed by atoms with E-state index in [-0.39, 0.29) is 25.7 Å². The van der Waals surface area contributed by atoms with Crippen LogP contribution in [0.5, 0.6) is 0 Å². The molecule has 0 aliphatic carbocycles.